The fourth-order valence-electron chi connectivity index (χ4n) is 6.03. The molecule has 2 amide bonds. The molecule has 4 aliphatic rings. The predicted octanol–water partition coefficient (Wildman–Crippen LogP) is 4.71. The zero-order chi connectivity index (χ0) is 24.5. The third kappa shape index (κ3) is 2.79. The van der Waals surface area contributed by atoms with Gasteiger partial charge in [-0.15, -0.1) is 23.2 Å². The molecular formula is C28H21Cl2NO4. The molecule has 35 heavy (non-hydrogen) atoms. The average molecular weight is 506 g/mol. The lowest BCUT2D eigenvalue weighted by Crippen LogP contribution is -2.57. The topological polar surface area (TPSA) is 63.7 Å². The lowest BCUT2D eigenvalue weighted by molar-refractivity contribution is -0.159. The molecular weight excluding hydrogens is 485 g/mol. The molecule has 1 fully saturated rings. The SMILES string of the molecule is C[C@H](C(=O)OCc1ccccc1)N1C(=O)[C@@H]2[C@H](C1=O)C1(Cl)c3ccccc3C2(Cl)c2ccccc21. The summed E-state index contributed by atoms with van der Waals surface area (Å²) in [5.74, 6) is -3.56. The van der Waals surface area contributed by atoms with Crippen LogP contribution >= 0.6 is 23.2 Å². The van der Waals surface area contributed by atoms with Gasteiger partial charge in [0, 0.05) is 0 Å². The van der Waals surface area contributed by atoms with Gasteiger partial charge in [-0.2, -0.15) is 0 Å². The number of esters is 1. The quantitative estimate of drug-likeness (QED) is 0.292. The fraction of sp³-hybridized carbons (Fsp3) is 0.250. The molecule has 0 unspecified atom stereocenters. The summed E-state index contributed by atoms with van der Waals surface area (Å²) in [6, 6.07) is 23.0. The van der Waals surface area contributed by atoms with E-state index in [4.69, 9.17) is 27.9 Å². The molecule has 5 nitrogen and oxygen atoms in total. The van der Waals surface area contributed by atoms with E-state index in [2.05, 4.69) is 0 Å². The number of nitrogens with zero attached hydrogens (tertiary/aromatic N) is 1. The molecule has 176 valence electrons. The molecule has 0 radical (unpaired) electrons. The van der Waals surface area contributed by atoms with Crippen molar-refractivity contribution in [1.82, 2.24) is 4.90 Å². The van der Waals surface area contributed by atoms with Gasteiger partial charge in [-0.3, -0.25) is 14.5 Å². The van der Waals surface area contributed by atoms with Crippen molar-refractivity contribution < 1.29 is 19.1 Å². The summed E-state index contributed by atoms with van der Waals surface area (Å²) in [4.78, 5) is 39.2. The van der Waals surface area contributed by atoms with Gasteiger partial charge in [0.2, 0.25) is 11.8 Å². The smallest absolute Gasteiger partial charge is 0.329 e. The summed E-state index contributed by atoms with van der Waals surface area (Å²) in [5, 5.41) is 0. The molecule has 0 spiro atoms. The Hall–Kier alpha value is -3.15. The van der Waals surface area contributed by atoms with Crippen molar-refractivity contribution in [2.75, 3.05) is 0 Å². The van der Waals surface area contributed by atoms with Crippen molar-refractivity contribution >= 4 is 41.0 Å². The number of ether oxygens (including phenoxy) is 1. The largest absolute Gasteiger partial charge is 0.459 e. The van der Waals surface area contributed by atoms with Crippen LogP contribution < -0.4 is 0 Å². The second-order valence-electron chi connectivity index (χ2n) is 9.29. The van der Waals surface area contributed by atoms with Crippen molar-refractivity contribution in [1.29, 1.82) is 0 Å². The lowest BCUT2D eigenvalue weighted by Gasteiger charge is -2.54. The van der Waals surface area contributed by atoms with Crippen LogP contribution in [0, 0.1) is 11.8 Å². The number of rotatable bonds is 4. The van der Waals surface area contributed by atoms with Gasteiger partial charge < -0.3 is 4.74 Å². The predicted molar refractivity (Wildman–Crippen MR) is 131 cm³/mol. The number of halogens is 2. The van der Waals surface area contributed by atoms with Crippen LogP contribution in [0.5, 0.6) is 0 Å². The van der Waals surface area contributed by atoms with E-state index in [1.165, 1.54) is 6.92 Å². The van der Waals surface area contributed by atoms with E-state index in [-0.39, 0.29) is 6.61 Å². The molecule has 3 aromatic rings. The van der Waals surface area contributed by atoms with Crippen LogP contribution in [-0.2, 0) is 35.5 Å². The van der Waals surface area contributed by atoms with Crippen molar-refractivity contribution in [3.8, 4) is 0 Å². The molecule has 3 atom stereocenters. The number of benzene rings is 3. The van der Waals surface area contributed by atoms with Gasteiger partial charge in [-0.05, 0) is 34.7 Å². The number of alkyl halides is 2. The minimum Gasteiger partial charge on any atom is -0.459 e. The first-order valence-corrected chi connectivity index (χ1v) is 12.2. The summed E-state index contributed by atoms with van der Waals surface area (Å²) >= 11 is 14.8. The Kier molecular flexibility index (Phi) is 4.89. The standard InChI is InChI=1S/C28H21Cl2NO4/c1-16(26(34)35-15-17-9-3-2-4-10-17)31-24(32)22-23(25(31)33)28(30)19-12-6-5-11-18(19)27(22,29)20-13-7-8-14-21(20)28/h2-14,16,22-23H,15H2,1H3/t16-,22-,23+,27?,28?/m1/s1. The van der Waals surface area contributed by atoms with Gasteiger partial charge in [0.15, 0.2) is 0 Å². The first-order valence-electron chi connectivity index (χ1n) is 11.5. The summed E-state index contributed by atoms with van der Waals surface area (Å²) in [5.41, 5.74) is 3.69. The number of carbonyl (C=O) groups excluding carboxylic acids is 3. The summed E-state index contributed by atoms with van der Waals surface area (Å²) in [6.07, 6.45) is 0. The highest BCUT2D eigenvalue weighted by Gasteiger charge is 2.73. The minimum absolute atomic E-state index is 0.0445. The first kappa shape index (κ1) is 22.3. The van der Waals surface area contributed by atoms with E-state index < -0.39 is 45.4 Å². The van der Waals surface area contributed by atoms with Crippen molar-refractivity contribution in [2.45, 2.75) is 29.3 Å². The zero-order valence-electron chi connectivity index (χ0n) is 18.8. The number of likely N-dealkylation sites (tertiary alicyclic amines) is 1. The second-order valence-corrected chi connectivity index (χ2v) is 10.5. The Labute approximate surface area is 212 Å². The Morgan fingerprint density at radius 3 is 1.63 bits per heavy atom. The van der Waals surface area contributed by atoms with E-state index in [0.717, 1.165) is 32.7 Å². The molecule has 7 rings (SSSR count). The van der Waals surface area contributed by atoms with E-state index in [1.807, 2.05) is 78.9 Å². The summed E-state index contributed by atoms with van der Waals surface area (Å²) < 4.78 is 5.44. The highest BCUT2D eigenvalue weighted by Crippen LogP contribution is 2.69. The van der Waals surface area contributed by atoms with Gasteiger partial charge in [0.25, 0.3) is 0 Å². The average Bonchev–Trinajstić information content (AvgIpc) is 3.17. The van der Waals surface area contributed by atoms with Crippen LogP contribution in [0.2, 0.25) is 0 Å². The van der Waals surface area contributed by atoms with E-state index in [9.17, 15) is 14.4 Å². The van der Waals surface area contributed by atoms with Crippen LogP contribution in [0.25, 0.3) is 0 Å². The van der Waals surface area contributed by atoms with Gasteiger partial charge in [0.1, 0.15) is 22.4 Å². The van der Waals surface area contributed by atoms with Crippen molar-refractivity contribution in [3.05, 3.63) is 107 Å². The fourth-order valence-corrected chi connectivity index (χ4v) is 7.12. The number of amides is 2. The number of hydrogen-bond donors (Lipinski definition) is 0. The van der Waals surface area contributed by atoms with Gasteiger partial charge in [-0.1, -0.05) is 78.9 Å². The first-order chi connectivity index (χ1) is 16.8. The van der Waals surface area contributed by atoms with Crippen LogP contribution in [-0.4, -0.2) is 28.7 Å². The lowest BCUT2D eigenvalue weighted by atomic mass is 9.54. The number of carbonyl (C=O) groups is 3. The van der Waals surface area contributed by atoms with E-state index >= 15 is 0 Å². The second kappa shape index (κ2) is 7.67. The molecule has 0 saturated carbocycles. The third-order valence-electron chi connectivity index (χ3n) is 7.57. The minimum atomic E-state index is -1.27. The van der Waals surface area contributed by atoms with Crippen molar-refractivity contribution in [2.24, 2.45) is 11.8 Å². The molecule has 1 saturated heterocycles. The van der Waals surface area contributed by atoms with Gasteiger partial charge in [0.05, 0.1) is 11.8 Å². The third-order valence-corrected chi connectivity index (χ3v) is 8.86. The van der Waals surface area contributed by atoms with Gasteiger partial charge in [-0.25, -0.2) is 4.79 Å². The van der Waals surface area contributed by atoms with E-state index in [0.29, 0.717) is 0 Å². The van der Waals surface area contributed by atoms with Gasteiger partial charge >= 0.3 is 5.97 Å². The summed E-state index contributed by atoms with van der Waals surface area (Å²) in [7, 11) is 0. The van der Waals surface area contributed by atoms with Crippen molar-refractivity contribution in [3.63, 3.8) is 0 Å². The zero-order valence-corrected chi connectivity index (χ0v) is 20.3. The van der Waals surface area contributed by atoms with Crippen LogP contribution in [0.3, 0.4) is 0 Å². The maximum Gasteiger partial charge on any atom is 0.329 e. The Balaban J connectivity index is 1.41. The van der Waals surface area contributed by atoms with E-state index in [1.54, 1.807) is 0 Å². The Morgan fingerprint density at radius 2 is 1.20 bits per heavy atom. The maximum absolute atomic E-state index is 13.9. The van der Waals surface area contributed by atoms with Crippen LogP contribution in [0.1, 0.15) is 34.7 Å². The van der Waals surface area contributed by atoms with Crippen LogP contribution in [0.4, 0.5) is 0 Å². The number of imide groups is 1. The summed E-state index contributed by atoms with van der Waals surface area (Å²) in [6.45, 7) is 1.55. The molecule has 2 bridgehead atoms. The Morgan fingerprint density at radius 1 is 0.800 bits per heavy atom. The highest BCUT2D eigenvalue weighted by atomic mass is 35.5. The molecule has 7 heteroatoms. The molecule has 3 aromatic carbocycles. The monoisotopic (exact) mass is 505 g/mol. The molecule has 1 heterocycles. The maximum atomic E-state index is 13.9. The molecule has 3 aliphatic carbocycles. The normalized spacial score (nSPS) is 28.8. The highest BCUT2D eigenvalue weighted by molar-refractivity contribution is 6.36. The number of hydrogen-bond acceptors (Lipinski definition) is 4. The molecule has 0 aromatic heterocycles. The molecule has 0 N–H and O–H groups in total. The van der Waals surface area contributed by atoms with Crippen LogP contribution in [0.15, 0.2) is 78.9 Å². The molecule has 1 aliphatic heterocycles. The Bertz CT molecular complexity index is 1270.